The molecule has 0 aliphatic carbocycles. The van der Waals surface area contributed by atoms with Gasteiger partial charge in [-0.15, -0.1) is 0 Å². The maximum atomic E-state index is 11.4. The van der Waals surface area contributed by atoms with Crippen LogP contribution in [0.5, 0.6) is 5.88 Å². The van der Waals surface area contributed by atoms with E-state index in [-0.39, 0.29) is 5.69 Å². The van der Waals surface area contributed by atoms with Crippen LogP contribution in [-0.2, 0) is 0 Å². The van der Waals surface area contributed by atoms with Crippen molar-refractivity contribution in [3.8, 4) is 5.88 Å². The van der Waals surface area contributed by atoms with Gasteiger partial charge < -0.3 is 10.8 Å². The van der Waals surface area contributed by atoms with E-state index in [1.165, 1.54) is 4.40 Å². The zero-order valence-corrected chi connectivity index (χ0v) is 6.64. The first kappa shape index (κ1) is 7.60. The van der Waals surface area contributed by atoms with E-state index in [9.17, 15) is 4.79 Å². The normalized spacial score (nSPS) is 10.5. The first-order chi connectivity index (χ1) is 6.20. The predicted octanol–water partition coefficient (Wildman–Crippen LogP) is -0.0177. The summed E-state index contributed by atoms with van der Waals surface area (Å²) >= 11 is 0. The summed E-state index contributed by atoms with van der Waals surface area (Å²) in [7, 11) is 0. The van der Waals surface area contributed by atoms with Crippen molar-refractivity contribution in [3.63, 3.8) is 0 Å². The first-order valence-corrected chi connectivity index (χ1v) is 3.66. The molecule has 0 unspecified atom stereocenters. The Balaban J connectivity index is 3.03. The summed E-state index contributed by atoms with van der Waals surface area (Å²) in [4.78, 5) is 15.1. The second-order valence-electron chi connectivity index (χ2n) is 2.58. The molecule has 0 aliphatic rings. The van der Waals surface area contributed by atoms with Gasteiger partial charge in [-0.25, -0.2) is 0 Å². The average molecular weight is 177 g/mol. The van der Waals surface area contributed by atoms with Crippen molar-refractivity contribution in [1.29, 1.82) is 0 Å². The minimum atomic E-state index is -0.455. The van der Waals surface area contributed by atoms with Crippen molar-refractivity contribution in [3.05, 3.63) is 34.7 Å². The fourth-order valence-electron chi connectivity index (χ4n) is 1.09. The Labute approximate surface area is 73.1 Å². The third kappa shape index (κ3) is 1.01. The summed E-state index contributed by atoms with van der Waals surface area (Å²) in [5.74, 6) is -0.420. The lowest BCUT2D eigenvalue weighted by atomic mass is 10.4. The quantitative estimate of drug-likeness (QED) is 0.592. The van der Waals surface area contributed by atoms with Crippen molar-refractivity contribution in [2.24, 2.45) is 0 Å². The molecular formula is C8H7N3O2. The summed E-state index contributed by atoms with van der Waals surface area (Å²) in [5.41, 5.74) is 4.99. The smallest absolute Gasteiger partial charge is 0.285 e. The SMILES string of the molecule is Nc1c(O)nc2ccccn2c1=O. The molecule has 66 valence electrons. The van der Waals surface area contributed by atoms with Crippen LogP contribution in [0, 0.1) is 0 Å². The molecule has 0 atom stereocenters. The molecule has 0 aliphatic heterocycles. The van der Waals surface area contributed by atoms with Crippen molar-refractivity contribution in [2.75, 3.05) is 5.73 Å². The van der Waals surface area contributed by atoms with Crippen LogP contribution in [0.15, 0.2) is 29.2 Å². The van der Waals surface area contributed by atoms with Gasteiger partial charge in [-0.05, 0) is 12.1 Å². The number of pyridine rings is 1. The van der Waals surface area contributed by atoms with Gasteiger partial charge in [0.2, 0.25) is 5.88 Å². The van der Waals surface area contributed by atoms with Crippen LogP contribution >= 0.6 is 0 Å². The Morgan fingerprint density at radius 3 is 3.00 bits per heavy atom. The van der Waals surface area contributed by atoms with Gasteiger partial charge >= 0.3 is 0 Å². The molecule has 13 heavy (non-hydrogen) atoms. The van der Waals surface area contributed by atoms with Crippen LogP contribution in [0.4, 0.5) is 5.69 Å². The van der Waals surface area contributed by atoms with Crippen LogP contribution in [-0.4, -0.2) is 14.5 Å². The lowest BCUT2D eigenvalue weighted by molar-refractivity contribution is 0.456. The van der Waals surface area contributed by atoms with Gasteiger partial charge in [0.1, 0.15) is 5.65 Å². The summed E-state index contributed by atoms with van der Waals surface area (Å²) in [5, 5.41) is 9.15. The third-order valence-corrected chi connectivity index (χ3v) is 1.75. The Morgan fingerprint density at radius 2 is 2.23 bits per heavy atom. The van der Waals surface area contributed by atoms with Crippen LogP contribution in [0.2, 0.25) is 0 Å². The van der Waals surface area contributed by atoms with E-state index in [1.807, 2.05) is 0 Å². The molecule has 0 aromatic carbocycles. The molecule has 0 saturated carbocycles. The molecule has 2 aromatic heterocycles. The van der Waals surface area contributed by atoms with Crippen LogP contribution < -0.4 is 11.3 Å². The number of nitrogens with two attached hydrogens (primary N) is 1. The third-order valence-electron chi connectivity index (χ3n) is 1.75. The summed E-state index contributed by atoms with van der Waals surface area (Å²) in [6.07, 6.45) is 1.54. The molecule has 0 saturated heterocycles. The molecule has 2 heterocycles. The molecule has 0 fully saturated rings. The van der Waals surface area contributed by atoms with Crippen LogP contribution in [0.25, 0.3) is 5.65 Å². The lowest BCUT2D eigenvalue weighted by Crippen LogP contribution is -2.18. The molecule has 0 spiro atoms. The molecule has 5 heteroatoms. The molecule has 0 bridgehead atoms. The number of aromatic nitrogens is 2. The standard InChI is InChI=1S/C8H7N3O2/c9-6-7(12)10-5-3-1-2-4-11(5)8(6)13/h1-4,12H,9H2. The fourth-order valence-corrected chi connectivity index (χ4v) is 1.09. The fraction of sp³-hybridized carbons (Fsp3) is 0. The van der Waals surface area contributed by atoms with E-state index in [0.29, 0.717) is 5.65 Å². The van der Waals surface area contributed by atoms with E-state index >= 15 is 0 Å². The summed E-state index contributed by atoms with van der Waals surface area (Å²) < 4.78 is 1.27. The second-order valence-corrected chi connectivity index (χ2v) is 2.58. The van der Waals surface area contributed by atoms with Gasteiger partial charge in [-0.2, -0.15) is 4.98 Å². The molecule has 2 aromatic rings. The Kier molecular flexibility index (Phi) is 1.45. The van der Waals surface area contributed by atoms with E-state index in [0.717, 1.165) is 0 Å². The molecule has 0 amide bonds. The molecule has 5 nitrogen and oxygen atoms in total. The van der Waals surface area contributed by atoms with Gasteiger partial charge in [0.25, 0.3) is 5.56 Å². The van der Waals surface area contributed by atoms with Crippen molar-refractivity contribution >= 4 is 11.3 Å². The molecule has 2 rings (SSSR count). The monoisotopic (exact) mass is 177 g/mol. The number of rotatable bonds is 0. The topological polar surface area (TPSA) is 80.6 Å². The number of aromatic hydroxyl groups is 1. The van der Waals surface area contributed by atoms with Crippen molar-refractivity contribution < 1.29 is 5.11 Å². The largest absolute Gasteiger partial charge is 0.492 e. The Hall–Kier alpha value is -2.04. The lowest BCUT2D eigenvalue weighted by Gasteiger charge is -2.01. The summed E-state index contributed by atoms with van der Waals surface area (Å²) in [6, 6.07) is 5.02. The van der Waals surface area contributed by atoms with E-state index in [1.54, 1.807) is 24.4 Å². The van der Waals surface area contributed by atoms with Gasteiger partial charge in [0.05, 0.1) is 0 Å². The zero-order chi connectivity index (χ0) is 9.42. The number of fused-ring (bicyclic) bond motifs is 1. The Morgan fingerprint density at radius 1 is 1.46 bits per heavy atom. The van der Waals surface area contributed by atoms with Crippen LogP contribution in [0.3, 0.4) is 0 Å². The minimum absolute atomic E-state index is 0.233. The van der Waals surface area contributed by atoms with Gasteiger partial charge in [0.15, 0.2) is 5.69 Å². The zero-order valence-electron chi connectivity index (χ0n) is 6.64. The molecular weight excluding hydrogens is 170 g/mol. The van der Waals surface area contributed by atoms with Gasteiger partial charge in [-0.1, -0.05) is 6.07 Å². The minimum Gasteiger partial charge on any atom is -0.492 e. The maximum absolute atomic E-state index is 11.4. The number of nitrogens with zero attached hydrogens (tertiary/aromatic N) is 2. The number of hydrogen-bond donors (Lipinski definition) is 2. The Bertz CT molecular complexity index is 518. The molecule has 0 radical (unpaired) electrons. The number of anilines is 1. The first-order valence-electron chi connectivity index (χ1n) is 3.66. The highest BCUT2D eigenvalue weighted by molar-refractivity contribution is 5.52. The van der Waals surface area contributed by atoms with Crippen LogP contribution in [0.1, 0.15) is 0 Å². The van der Waals surface area contributed by atoms with Crippen molar-refractivity contribution in [2.45, 2.75) is 0 Å². The number of hydrogen-bond acceptors (Lipinski definition) is 4. The predicted molar refractivity (Wildman–Crippen MR) is 47.5 cm³/mol. The van der Waals surface area contributed by atoms with E-state index in [4.69, 9.17) is 10.8 Å². The van der Waals surface area contributed by atoms with E-state index < -0.39 is 11.4 Å². The maximum Gasteiger partial charge on any atom is 0.285 e. The van der Waals surface area contributed by atoms with E-state index in [2.05, 4.69) is 4.98 Å². The van der Waals surface area contributed by atoms with Gasteiger partial charge in [-0.3, -0.25) is 9.20 Å². The summed E-state index contributed by atoms with van der Waals surface area (Å²) in [6.45, 7) is 0. The van der Waals surface area contributed by atoms with Gasteiger partial charge in [0, 0.05) is 6.20 Å². The molecule has 3 N–H and O–H groups in total. The number of nitrogen functional groups attached to an aromatic ring is 1. The van der Waals surface area contributed by atoms with Crippen molar-refractivity contribution in [1.82, 2.24) is 9.38 Å². The average Bonchev–Trinajstić information content (AvgIpc) is 2.15. The highest BCUT2D eigenvalue weighted by Crippen LogP contribution is 2.11. The highest BCUT2D eigenvalue weighted by atomic mass is 16.3. The highest BCUT2D eigenvalue weighted by Gasteiger charge is 2.06. The second kappa shape index (κ2) is 2.48.